The summed E-state index contributed by atoms with van der Waals surface area (Å²) < 4.78 is 12.5. The molecule has 0 N–H and O–H groups in total. The van der Waals surface area contributed by atoms with E-state index in [-0.39, 0.29) is 22.1 Å². The van der Waals surface area contributed by atoms with Crippen LogP contribution in [0.25, 0.3) is 0 Å². The number of hydrogen-bond donors (Lipinski definition) is 0. The monoisotopic (exact) mass is 1220 g/mol. The summed E-state index contributed by atoms with van der Waals surface area (Å²) in [5.74, 6) is -0.169. The Kier molecular flexibility index (Phi) is 33.8. The van der Waals surface area contributed by atoms with Crippen LogP contribution in [0.5, 0.6) is 0 Å². The van der Waals surface area contributed by atoms with Gasteiger partial charge in [-0.2, -0.15) is 0 Å². The maximum Gasteiger partial charge on any atom is 0.123 e. The molecule has 8 rings (SSSR count). The van der Waals surface area contributed by atoms with Gasteiger partial charge in [-0.25, -0.2) is 4.39 Å². The SMILES string of the molecule is CC(C)(C)Cc1ccccc1.CC(C)(C)c1ccc(F)cc1.CC(C)(C)c1ccccc1.Cc1ccc(C(C)(C)C)cc1.Cc1ccc(C(C)(C)C)cc1.Cc1ccc(CC(C)(C)C)cc1.Cc1ccc(CC(C)(C)C)cc1.Cc1ccc(CC(C)(C)C)cc1. The van der Waals surface area contributed by atoms with Crippen molar-refractivity contribution in [1.29, 1.82) is 0 Å². The van der Waals surface area contributed by atoms with Crippen molar-refractivity contribution >= 4 is 0 Å². The van der Waals surface area contributed by atoms with E-state index >= 15 is 0 Å². The van der Waals surface area contributed by atoms with E-state index < -0.39 is 0 Å². The normalized spacial score (nSPS) is 11.6. The second-order valence-electron chi connectivity index (χ2n) is 34.0. The van der Waals surface area contributed by atoms with Gasteiger partial charge in [0.25, 0.3) is 0 Å². The van der Waals surface area contributed by atoms with E-state index in [9.17, 15) is 4.39 Å². The Morgan fingerprint density at radius 2 is 0.367 bits per heavy atom. The average molecular weight is 1220 g/mol. The van der Waals surface area contributed by atoms with Gasteiger partial charge in [0, 0.05) is 0 Å². The van der Waals surface area contributed by atoms with Gasteiger partial charge in [0.15, 0.2) is 0 Å². The highest BCUT2D eigenvalue weighted by Gasteiger charge is 2.16. The van der Waals surface area contributed by atoms with Crippen molar-refractivity contribution in [2.24, 2.45) is 21.7 Å². The molecule has 0 spiro atoms. The molecule has 0 aliphatic heterocycles. The van der Waals surface area contributed by atoms with E-state index in [0.717, 1.165) is 25.7 Å². The van der Waals surface area contributed by atoms with Crippen molar-refractivity contribution in [3.8, 4) is 0 Å². The van der Waals surface area contributed by atoms with Gasteiger partial charge in [0.1, 0.15) is 5.82 Å². The van der Waals surface area contributed by atoms with Crippen LogP contribution in [0.4, 0.5) is 4.39 Å². The van der Waals surface area contributed by atoms with Crippen LogP contribution in [0.15, 0.2) is 206 Å². The van der Waals surface area contributed by atoms with E-state index in [1.807, 2.05) is 12.1 Å². The van der Waals surface area contributed by atoms with Gasteiger partial charge in [-0.3, -0.25) is 0 Å². The summed E-state index contributed by atoms with van der Waals surface area (Å²) in [7, 11) is 0. The molecule has 0 unspecified atom stereocenters. The first kappa shape index (κ1) is 81.7. The lowest BCUT2D eigenvalue weighted by atomic mass is 9.87. The lowest BCUT2D eigenvalue weighted by molar-refractivity contribution is 0.411. The maximum absolute atomic E-state index is 12.5. The quantitative estimate of drug-likeness (QED) is 0.165. The van der Waals surface area contributed by atoms with Crippen LogP contribution < -0.4 is 0 Å². The number of hydrogen-bond acceptors (Lipinski definition) is 0. The van der Waals surface area contributed by atoms with Gasteiger partial charge in [0.05, 0.1) is 0 Å². The second-order valence-corrected chi connectivity index (χ2v) is 34.0. The molecule has 8 aromatic carbocycles. The molecule has 90 heavy (non-hydrogen) atoms. The molecule has 0 aliphatic rings. The molecular weight excluding hydrogens is 1090 g/mol. The number of benzene rings is 8. The van der Waals surface area contributed by atoms with Crippen LogP contribution in [0.1, 0.15) is 238 Å². The summed E-state index contributed by atoms with van der Waals surface area (Å²) in [5, 5.41) is 0. The van der Waals surface area contributed by atoms with Gasteiger partial charge in [-0.05, 0) is 160 Å². The van der Waals surface area contributed by atoms with Crippen molar-refractivity contribution in [1.82, 2.24) is 0 Å². The molecular formula is C89H129F. The highest BCUT2D eigenvalue weighted by atomic mass is 19.1. The van der Waals surface area contributed by atoms with Crippen molar-refractivity contribution in [3.05, 3.63) is 284 Å². The predicted molar refractivity (Wildman–Crippen MR) is 403 cm³/mol. The number of aryl methyl sites for hydroxylation is 5. The maximum atomic E-state index is 12.5. The van der Waals surface area contributed by atoms with Gasteiger partial charge in [-0.1, -0.05) is 388 Å². The first-order chi connectivity index (χ1) is 41.1. The Morgan fingerprint density at radius 1 is 0.200 bits per heavy atom. The minimum atomic E-state index is -0.169. The number of halogens is 1. The van der Waals surface area contributed by atoms with E-state index in [4.69, 9.17) is 0 Å². The van der Waals surface area contributed by atoms with Crippen molar-refractivity contribution in [3.63, 3.8) is 0 Å². The van der Waals surface area contributed by atoms with Gasteiger partial charge >= 0.3 is 0 Å². The van der Waals surface area contributed by atoms with Crippen LogP contribution >= 0.6 is 0 Å². The van der Waals surface area contributed by atoms with Gasteiger partial charge in [0.2, 0.25) is 0 Å². The molecule has 0 saturated heterocycles. The predicted octanol–water partition coefficient (Wildman–Crippen LogP) is 26.7. The van der Waals surface area contributed by atoms with Crippen LogP contribution in [-0.2, 0) is 47.3 Å². The Balaban J connectivity index is 0.000000515. The zero-order valence-electron chi connectivity index (χ0n) is 62.8. The molecule has 0 bridgehead atoms. The topological polar surface area (TPSA) is 0 Å². The summed E-state index contributed by atoms with van der Waals surface area (Å²) in [6.07, 6.45) is 4.64. The van der Waals surface area contributed by atoms with E-state index in [0.29, 0.717) is 27.1 Å². The lowest BCUT2D eigenvalue weighted by Gasteiger charge is -2.18. The minimum Gasteiger partial charge on any atom is -0.207 e. The van der Waals surface area contributed by atoms with Crippen molar-refractivity contribution < 1.29 is 4.39 Å². The van der Waals surface area contributed by atoms with Crippen LogP contribution in [0.2, 0.25) is 0 Å². The fraction of sp³-hybridized carbons (Fsp3) is 0.461. The highest BCUT2D eigenvalue weighted by molar-refractivity contribution is 5.29. The lowest BCUT2D eigenvalue weighted by Crippen LogP contribution is -2.10. The molecule has 0 amide bonds. The Hall–Kier alpha value is -6.31. The first-order valence-corrected chi connectivity index (χ1v) is 33.3. The summed E-state index contributed by atoms with van der Waals surface area (Å²) >= 11 is 0. The zero-order valence-corrected chi connectivity index (χ0v) is 62.8. The number of rotatable bonds is 4. The third-order valence-corrected chi connectivity index (χ3v) is 14.3. The molecule has 1 heteroatoms. The second kappa shape index (κ2) is 37.3. The third kappa shape index (κ3) is 41.1. The Morgan fingerprint density at radius 3 is 0.556 bits per heavy atom. The van der Waals surface area contributed by atoms with Crippen LogP contribution in [0.3, 0.4) is 0 Å². The van der Waals surface area contributed by atoms with E-state index in [1.165, 1.54) is 84.5 Å². The van der Waals surface area contributed by atoms with Crippen molar-refractivity contribution in [2.75, 3.05) is 0 Å². The summed E-state index contributed by atoms with van der Waals surface area (Å²) in [6.45, 7) is 64.3. The molecule has 0 aromatic heterocycles. The van der Waals surface area contributed by atoms with Crippen LogP contribution in [-0.4, -0.2) is 0 Å². The molecule has 0 radical (unpaired) electrons. The molecule has 8 aromatic rings. The summed E-state index contributed by atoms with van der Waals surface area (Å²) in [5.41, 5.74) is 20.4. The largest absolute Gasteiger partial charge is 0.207 e. The molecule has 0 aliphatic carbocycles. The summed E-state index contributed by atoms with van der Waals surface area (Å²) in [6, 6.07) is 71.8. The molecule has 0 saturated carbocycles. The van der Waals surface area contributed by atoms with E-state index in [1.54, 1.807) is 0 Å². The smallest absolute Gasteiger partial charge is 0.123 e. The Labute approximate surface area is 555 Å². The molecule has 492 valence electrons. The fourth-order valence-corrected chi connectivity index (χ4v) is 9.16. The molecule has 0 nitrogen and oxygen atoms in total. The molecule has 0 atom stereocenters. The standard InChI is InChI=1S/3C12H18.3C11H16.C10H13F.C10H14/c3*1-10-5-7-11(8-6-10)9-12(2,3)4;2*1-9-5-7-10(8-6-9)11(2,3)4;1-11(2,3)9-10-7-5-4-6-8-10;1-10(2,3)8-4-6-9(11)7-5-8;1-10(2,3)9-7-5-4-6-8-9/h3*5-8H,9H2,1-4H3;2*5-8H,1-4H3;4-8H,9H2,1-3H3;4-7H,1-3H3;4-8H,1-3H3. The minimum absolute atomic E-state index is 0.119. The average Bonchev–Trinajstić information content (AvgIpc) is 3.50. The van der Waals surface area contributed by atoms with Crippen LogP contribution in [0, 0.1) is 62.1 Å². The third-order valence-electron chi connectivity index (χ3n) is 14.3. The molecule has 0 heterocycles. The van der Waals surface area contributed by atoms with E-state index in [2.05, 4.69) is 383 Å². The van der Waals surface area contributed by atoms with Crippen molar-refractivity contribution in [2.45, 2.75) is 248 Å². The summed E-state index contributed by atoms with van der Waals surface area (Å²) in [4.78, 5) is 0. The van der Waals surface area contributed by atoms with Gasteiger partial charge < -0.3 is 0 Å². The first-order valence-electron chi connectivity index (χ1n) is 33.3. The fourth-order valence-electron chi connectivity index (χ4n) is 9.16. The highest BCUT2D eigenvalue weighted by Crippen LogP contribution is 2.27. The zero-order chi connectivity index (χ0) is 69.0. The Bertz CT molecular complexity index is 2830. The van der Waals surface area contributed by atoms with Gasteiger partial charge in [-0.15, -0.1) is 0 Å². The molecule has 0 fully saturated rings.